The molecule has 0 radical (unpaired) electrons. The molecule has 0 unspecified atom stereocenters. The minimum absolute atomic E-state index is 0.0399. The van der Waals surface area contributed by atoms with Gasteiger partial charge in [0.1, 0.15) is 0 Å². The molecule has 0 aliphatic rings. The Hall–Kier alpha value is -2.84. The molecule has 0 saturated heterocycles. The Morgan fingerprint density at radius 3 is 1.80 bits per heavy atom. The van der Waals surface area contributed by atoms with E-state index >= 15 is 0 Å². The average molecular weight is 445 g/mol. The third kappa shape index (κ3) is 4.83. The van der Waals surface area contributed by atoms with Gasteiger partial charge in [0.25, 0.3) is 20.0 Å². The van der Waals surface area contributed by atoms with E-state index in [9.17, 15) is 16.8 Å². The van der Waals surface area contributed by atoms with Crippen molar-refractivity contribution in [2.45, 2.75) is 37.5 Å². The lowest BCUT2D eigenvalue weighted by Crippen LogP contribution is -2.16. The van der Waals surface area contributed by atoms with Crippen LogP contribution in [0.25, 0.3) is 0 Å². The molecule has 6 nitrogen and oxygen atoms in total. The van der Waals surface area contributed by atoms with E-state index in [2.05, 4.69) is 9.44 Å². The Kier molecular flexibility index (Phi) is 5.92. The molecule has 0 fully saturated rings. The first-order valence-electron chi connectivity index (χ1n) is 9.28. The van der Waals surface area contributed by atoms with E-state index in [-0.39, 0.29) is 15.5 Å². The lowest BCUT2D eigenvalue weighted by atomic mass is 10.1. The summed E-state index contributed by atoms with van der Waals surface area (Å²) in [5.41, 5.74) is 4.00. The van der Waals surface area contributed by atoms with Gasteiger partial charge in [0.05, 0.1) is 15.5 Å². The molecule has 8 heteroatoms. The van der Waals surface area contributed by atoms with E-state index in [0.29, 0.717) is 11.3 Å². The summed E-state index contributed by atoms with van der Waals surface area (Å²) in [6.07, 6.45) is 0. The highest BCUT2D eigenvalue weighted by Gasteiger charge is 2.19. The quantitative estimate of drug-likeness (QED) is 0.585. The summed E-state index contributed by atoms with van der Waals surface area (Å²) in [4.78, 5) is 0.230. The number of hydrogen-bond acceptors (Lipinski definition) is 4. The number of aryl methyl sites for hydroxylation is 4. The summed E-state index contributed by atoms with van der Waals surface area (Å²) in [5, 5.41) is 0. The van der Waals surface area contributed by atoms with Gasteiger partial charge in [0, 0.05) is 5.69 Å². The van der Waals surface area contributed by atoms with Crippen LogP contribution in [0.2, 0.25) is 0 Å². The predicted octanol–water partition coefficient (Wildman–Crippen LogP) is 4.52. The Morgan fingerprint density at radius 2 is 1.17 bits per heavy atom. The van der Waals surface area contributed by atoms with Gasteiger partial charge in [-0.15, -0.1) is 0 Å². The van der Waals surface area contributed by atoms with Crippen molar-refractivity contribution < 1.29 is 16.8 Å². The highest BCUT2D eigenvalue weighted by atomic mass is 32.2. The first-order valence-corrected chi connectivity index (χ1v) is 12.2. The molecule has 3 aromatic rings. The molecule has 0 spiro atoms. The maximum atomic E-state index is 12.7. The standard InChI is InChI=1S/C22H24N2O4S2/c1-15-5-7-17(3)21(13-15)24-29(25,26)20-11-9-19(10-12-20)23-30(27,28)22-14-16(2)6-8-18(22)4/h5-14,23-24H,1-4H3. The van der Waals surface area contributed by atoms with Crippen molar-refractivity contribution in [3.63, 3.8) is 0 Å². The first kappa shape index (κ1) is 21.9. The fraction of sp³-hybridized carbons (Fsp3) is 0.182. The summed E-state index contributed by atoms with van der Waals surface area (Å²) in [7, 11) is -7.59. The van der Waals surface area contributed by atoms with Crippen LogP contribution in [0.1, 0.15) is 22.3 Å². The summed E-state index contributed by atoms with van der Waals surface area (Å²) in [6, 6.07) is 16.3. The molecule has 2 N–H and O–H groups in total. The third-order valence-corrected chi connectivity index (χ3v) is 7.59. The molecule has 30 heavy (non-hydrogen) atoms. The van der Waals surface area contributed by atoms with E-state index in [4.69, 9.17) is 0 Å². The van der Waals surface area contributed by atoms with Crippen molar-refractivity contribution in [3.05, 3.63) is 82.9 Å². The summed E-state index contributed by atoms with van der Waals surface area (Å²) >= 11 is 0. The fourth-order valence-corrected chi connectivity index (χ4v) is 5.47. The Bertz CT molecular complexity index is 1300. The molecule has 158 valence electrons. The van der Waals surface area contributed by atoms with Crippen LogP contribution in [0.4, 0.5) is 11.4 Å². The maximum Gasteiger partial charge on any atom is 0.262 e. The smallest absolute Gasteiger partial charge is 0.262 e. The molecule has 0 aromatic heterocycles. The van der Waals surface area contributed by atoms with Crippen molar-refractivity contribution in [1.29, 1.82) is 0 Å². The van der Waals surface area contributed by atoms with Crippen molar-refractivity contribution in [2.75, 3.05) is 9.44 Å². The minimum atomic E-state index is -3.80. The van der Waals surface area contributed by atoms with Crippen molar-refractivity contribution in [1.82, 2.24) is 0 Å². The molecule has 0 bridgehead atoms. The van der Waals surface area contributed by atoms with E-state index < -0.39 is 20.0 Å². The number of nitrogens with one attached hydrogen (secondary N) is 2. The predicted molar refractivity (Wildman–Crippen MR) is 120 cm³/mol. The van der Waals surface area contributed by atoms with Crippen LogP contribution in [0, 0.1) is 27.7 Å². The van der Waals surface area contributed by atoms with Crippen LogP contribution >= 0.6 is 0 Å². The molecule has 0 aliphatic heterocycles. The second kappa shape index (κ2) is 8.12. The van der Waals surface area contributed by atoms with Gasteiger partial charge in [-0.25, -0.2) is 16.8 Å². The minimum Gasteiger partial charge on any atom is -0.280 e. The van der Waals surface area contributed by atoms with E-state index in [1.165, 1.54) is 24.3 Å². The van der Waals surface area contributed by atoms with Crippen molar-refractivity contribution in [2.24, 2.45) is 0 Å². The largest absolute Gasteiger partial charge is 0.280 e. The SMILES string of the molecule is Cc1ccc(C)c(NS(=O)(=O)c2ccc(NS(=O)(=O)c3cc(C)ccc3C)cc2)c1. The van der Waals surface area contributed by atoms with Gasteiger partial charge >= 0.3 is 0 Å². The number of benzene rings is 3. The molecule has 0 saturated carbocycles. The van der Waals surface area contributed by atoms with Crippen LogP contribution in [-0.2, 0) is 20.0 Å². The molecular weight excluding hydrogens is 420 g/mol. The summed E-state index contributed by atoms with van der Waals surface area (Å²) < 4.78 is 56.0. The van der Waals surface area contributed by atoms with Crippen LogP contribution in [0.5, 0.6) is 0 Å². The topological polar surface area (TPSA) is 92.3 Å². The van der Waals surface area contributed by atoms with Gasteiger partial charge in [0.15, 0.2) is 0 Å². The molecule has 3 rings (SSSR count). The van der Waals surface area contributed by atoms with Gasteiger partial charge in [0.2, 0.25) is 0 Å². The second-order valence-corrected chi connectivity index (χ2v) is 10.7. The molecule has 0 amide bonds. The Balaban J connectivity index is 1.84. The van der Waals surface area contributed by atoms with Gasteiger partial charge < -0.3 is 0 Å². The Morgan fingerprint density at radius 1 is 0.600 bits per heavy atom. The van der Waals surface area contributed by atoms with Crippen LogP contribution < -0.4 is 9.44 Å². The lowest BCUT2D eigenvalue weighted by molar-refractivity contribution is 0.599. The monoisotopic (exact) mass is 444 g/mol. The molecule has 0 heterocycles. The highest BCUT2D eigenvalue weighted by molar-refractivity contribution is 7.93. The van der Waals surface area contributed by atoms with E-state index in [1.807, 2.05) is 39.0 Å². The summed E-state index contributed by atoms with van der Waals surface area (Å²) in [5.74, 6) is 0. The average Bonchev–Trinajstić information content (AvgIpc) is 2.66. The van der Waals surface area contributed by atoms with E-state index in [1.54, 1.807) is 25.1 Å². The second-order valence-electron chi connectivity index (χ2n) is 7.32. The van der Waals surface area contributed by atoms with Crippen molar-refractivity contribution >= 4 is 31.4 Å². The van der Waals surface area contributed by atoms with Crippen LogP contribution in [0.3, 0.4) is 0 Å². The molecule has 3 aromatic carbocycles. The van der Waals surface area contributed by atoms with Crippen LogP contribution in [-0.4, -0.2) is 16.8 Å². The normalized spacial score (nSPS) is 11.9. The molecular formula is C22H24N2O4S2. The van der Waals surface area contributed by atoms with Gasteiger partial charge in [-0.1, -0.05) is 24.3 Å². The van der Waals surface area contributed by atoms with Gasteiger partial charge in [-0.05, 0) is 86.3 Å². The molecule has 0 aliphatic carbocycles. The van der Waals surface area contributed by atoms with E-state index in [0.717, 1.165) is 16.7 Å². The van der Waals surface area contributed by atoms with Crippen molar-refractivity contribution in [3.8, 4) is 0 Å². The van der Waals surface area contributed by atoms with Gasteiger partial charge in [-0.3, -0.25) is 9.44 Å². The number of rotatable bonds is 6. The zero-order valence-electron chi connectivity index (χ0n) is 17.2. The molecule has 0 atom stereocenters. The summed E-state index contributed by atoms with van der Waals surface area (Å²) in [6.45, 7) is 7.25. The first-order chi connectivity index (χ1) is 14.0. The highest BCUT2D eigenvalue weighted by Crippen LogP contribution is 2.24. The zero-order valence-corrected chi connectivity index (χ0v) is 18.9. The lowest BCUT2D eigenvalue weighted by Gasteiger charge is -2.13. The maximum absolute atomic E-state index is 12.7. The number of sulfonamides is 2. The fourth-order valence-electron chi connectivity index (χ4n) is 2.96. The Labute approximate surface area is 178 Å². The van der Waals surface area contributed by atoms with Gasteiger partial charge in [-0.2, -0.15) is 0 Å². The number of anilines is 2. The zero-order chi connectivity index (χ0) is 22.1. The van der Waals surface area contributed by atoms with Crippen LogP contribution in [0.15, 0.2) is 70.5 Å². The number of hydrogen-bond donors (Lipinski definition) is 2. The third-order valence-electron chi connectivity index (χ3n) is 4.69.